The van der Waals surface area contributed by atoms with Gasteiger partial charge in [-0.2, -0.15) is 0 Å². The second-order valence-corrected chi connectivity index (χ2v) is 13.0. The van der Waals surface area contributed by atoms with Gasteiger partial charge in [-0.1, -0.05) is 65.8 Å². The van der Waals surface area contributed by atoms with Crippen molar-refractivity contribution in [3.63, 3.8) is 0 Å². The maximum absolute atomic E-state index is 13.2. The highest BCUT2D eigenvalue weighted by Crippen LogP contribution is 2.28. The summed E-state index contributed by atoms with van der Waals surface area (Å²) in [6.45, 7) is 18.0. The van der Waals surface area contributed by atoms with Gasteiger partial charge in [0.1, 0.15) is 36.9 Å². The fourth-order valence-electron chi connectivity index (χ4n) is 4.57. The number of benzene rings is 2. The van der Waals surface area contributed by atoms with Crippen LogP contribution < -0.4 is 20.7 Å². The van der Waals surface area contributed by atoms with Gasteiger partial charge in [0.05, 0.1) is 13.1 Å². The van der Waals surface area contributed by atoms with Gasteiger partial charge in [0.2, 0.25) is 0 Å². The van der Waals surface area contributed by atoms with Crippen molar-refractivity contribution in [1.82, 2.24) is 9.13 Å². The average Bonchev–Trinajstić information content (AvgIpc) is 2.86. The molecule has 0 bridgehead atoms. The third kappa shape index (κ3) is 8.33. The summed E-state index contributed by atoms with van der Waals surface area (Å²) < 4.78 is 14.0. The standard InChI is InChI=1S/C33H46N2O6/c1-21-14-24(32(4,5)6)10-12-28(21)40-19-26(36)17-34-23(3)16-30(38)35(31(34)39)18-27(37)20-41-29-13-11-25(15-22(29)2)33(7,8)9/h10-16,26-27,36-37H,17-20H2,1-9H3/t26-,27+/m0/s1. The quantitative estimate of drug-likeness (QED) is 0.377. The Balaban J connectivity index is 1.66. The van der Waals surface area contributed by atoms with Gasteiger partial charge in [0.15, 0.2) is 0 Å². The third-order valence-corrected chi connectivity index (χ3v) is 7.22. The van der Waals surface area contributed by atoms with Crippen molar-refractivity contribution in [2.75, 3.05) is 13.2 Å². The first-order chi connectivity index (χ1) is 19.0. The van der Waals surface area contributed by atoms with E-state index in [1.165, 1.54) is 21.8 Å². The molecule has 0 fully saturated rings. The highest BCUT2D eigenvalue weighted by atomic mass is 16.5. The van der Waals surface area contributed by atoms with Crippen molar-refractivity contribution in [3.8, 4) is 11.5 Å². The van der Waals surface area contributed by atoms with Crippen molar-refractivity contribution in [2.24, 2.45) is 0 Å². The van der Waals surface area contributed by atoms with Crippen molar-refractivity contribution < 1.29 is 19.7 Å². The van der Waals surface area contributed by atoms with E-state index >= 15 is 0 Å². The minimum atomic E-state index is -1.09. The Morgan fingerprint density at radius 1 is 0.683 bits per heavy atom. The predicted octanol–water partition coefficient (Wildman–Crippen LogP) is 4.41. The Kier molecular flexibility index (Phi) is 9.93. The van der Waals surface area contributed by atoms with Crippen LogP contribution in [0.5, 0.6) is 11.5 Å². The zero-order valence-corrected chi connectivity index (χ0v) is 25.9. The first-order valence-electron chi connectivity index (χ1n) is 14.1. The number of aryl methyl sites for hydroxylation is 3. The summed E-state index contributed by atoms with van der Waals surface area (Å²) >= 11 is 0. The molecule has 1 heterocycles. The number of ether oxygens (including phenoxy) is 2. The maximum atomic E-state index is 13.2. The van der Waals surface area contributed by atoms with Crippen molar-refractivity contribution >= 4 is 0 Å². The Morgan fingerprint density at radius 2 is 1.10 bits per heavy atom. The average molecular weight is 567 g/mol. The van der Waals surface area contributed by atoms with Gasteiger partial charge in [-0.05, 0) is 66.0 Å². The molecule has 0 spiro atoms. The van der Waals surface area contributed by atoms with Crippen LogP contribution in [0.4, 0.5) is 0 Å². The molecule has 2 atom stereocenters. The minimum Gasteiger partial charge on any atom is -0.491 e. The first-order valence-corrected chi connectivity index (χ1v) is 14.1. The Hall–Kier alpha value is -3.36. The van der Waals surface area contributed by atoms with Gasteiger partial charge < -0.3 is 19.7 Å². The SMILES string of the molecule is Cc1cc(C(C)(C)C)ccc1OC[C@@H](O)Cn1c(C)cc(=O)n(C[C@@H](O)COc2ccc(C(C)(C)C)cc2C)c1=O. The van der Waals surface area contributed by atoms with Gasteiger partial charge in [-0.25, -0.2) is 4.79 Å². The van der Waals surface area contributed by atoms with Crippen LogP contribution in [-0.2, 0) is 23.9 Å². The number of aliphatic hydroxyl groups excluding tert-OH is 2. The molecule has 1 aromatic heterocycles. The smallest absolute Gasteiger partial charge is 0.331 e. The maximum Gasteiger partial charge on any atom is 0.331 e. The summed E-state index contributed by atoms with van der Waals surface area (Å²) in [6.07, 6.45) is -2.09. The van der Waals surface area contributed by atoms with E-state index in [0.29, 0.717) is 17.2 Å². The van der Waals surface area contributed by atoms with Crippen LogP contribution in [0.1, 0.15) is 69.5 Å². The summed E-state index contributed by atoms with van der Waals surface area (Å²) in [6, 6.07) is 13.2. The molecule has 0 aliphatic carbocycles. The number of rotatable bonds is 10. The molecule has 0 radical (unpaired) electrons. The molecule has 8 nitrogen and oxygen atoms in total. The van der Waals surface area contributed by atoms with Crippen LogP contribution in [0.2, 0.25) is 0 Å². The van der Waals surface area contributed by atoms with Crippen LogP contribution in [0, 0.1) is 20.8 Å². The molecule has 0 saturated carbocycles. The van der Waals surface area contributed by atoms with Gasteiger partial charge in [0, 0.05) is 11.8 Å². The zero-order chi connectivity index (χ0) is 30.7. The molecule has 0 saturated heterocycles. The predicted molar refractivity (Wildman–Crippen MR) is 162 cm³/mol. The summed E-state index contributed by atoms with van der Waals surface area (Å²) in [7, 11) is 0. The lowest BCUT2D eigenvalue weighted by molar-refractivity contribution is 0.0836. The summed E-state index contributed by atoms with van der Waals surface area (Å²) in [5, 5.41) is 21.3. The monoisotopic (exact) mass is 566 g/mol. The normalized spacial score (nSPS) is 13.6. The van der Waals surface area contributed by atoms with Crippen molar-refractivity contribution in [2.45, 2.75) is 98.4 Å². The molecule has 3 rings (SSSR count). The zero-order valence-electron chi connectivity index (χ0n) is 25.9. The van der Waals surface area contributed by atoms with Gasteiger partial charge in [-0.3, -0.25) is 13.9 Å². The van der Waals surface area contributed by atoms with E-state index in [1.54, 1.807) is 6.92 Å². The van der Waals surface area contributed by atoms with Crippen LogP contribution in [-0.4, -0.2) is 44.8 Å². The molecule has 0 aliphatic rings. The molecule has 3 aromatic rings. The minimum absolute atomic E-state index is 0.00561. The molecule has 0 aliphatic heterocycles. The van der Waals surface area contributed by atoms with E-state index in [4.69, 9.17) is 9.47 Å². The van der Waals surface area contributed by atoms with Gasteiger partial charge in [-0.15, -0.1) is 0 Å². The second kappa shape index (κ2) is 12.7. The molecule has 2 N–H and O–H groups in total. The first kappa shape index (κ1) is 32.2. The van der Waals surface area contributed by atoms with Crippen molar-refractivity contribution in [3.05, 3.63) is 91.3 Å². The molecule has 8 heteroatoms. The second-order valence-electron chi connectivity index (χ2n) is 13.0. The Labute approximate surface area is 243 Å². The lowest BCUT2D eigenvalue weighted by atomic mass is 9.86. The Bertz CT molecular complexity index is 1470. The topological polar surface area (TPSA) is 103 Å². The molecular formula is C33H46N2O6. The van der Waals surface area contributed by atoms with E-state index in [9.17, 15) is 19.8 Å². The lowest BCUT2D eigenvalue weighted by Gasteiger charge is -2.22. The number of aromatic nitrogens is 2. The van der Waals surface area contributed by atoms with Gasteiger partial charge in [0.25, 0.3) is 5.56 Å². The largest absolute Gasteiger partial charge is 0.491 e. The van der Waals surface area contributed by atoms with Crippen LogP contribution in [0.25, 0.3) is 0 Å². The molecule has 41 heavy (non-hydrogen) atoms. The van der Waals surface area contributed by atoms with E-state index in [-0.39, 0.29) is 37.1 Å². The lowest BCUT2D eigenvalue weighted by Crippen LogP contribution is -2.45. The summed E-state index contributed by atoms with van der Waals surface area (Å²) in [5.41, 5.74) is 3.58. The van der Waals surface area contributed by atoms with Crippen molar-refractivity contribution in [1.29, 1.82) is 0 Å². The van der Waals surface area contributed by atoms with E-state index < -0.39 is 23.5 Å². The molecule has 0 unspecified atom stereocenters. The summed E-state index contributed by atoms with van der Waals surface area (Å²) in [4.78, 5) is 25.9. The third-order valence-electron chi connectivity index (χ3n) is 7.22. The molecule has 2 aromatic carbocycles. The van der Waals surface area contributed by atoms with Gasteiger partial charge >= 0.3 is 5.69 Å². The van der Waals surface area contributed by atoms with E-state index in [0.717, 1.165) is 15.7 Å². The number of hydrogen-bond donors (Lipinski definition) is 2. The van der Waals surface area contributed by atoms with Crippen LogP contribution in [0.3, 0.4) is 0 Å². The fourth-order valence-corrected chi connectivity index (χ4v) is 4.57. The van der Waals surface area contributed by atoms with Crippen LogP contribution >= 0.6 is 0 Å². The molecular weight excluding hydrogens is 520 g/mol. The Morgan fingerprint density at radius 3 is 1.49 bits per heavy atom. The molecule has 0 amide bonds. The summed E-state index contributed by atoms with van der Waals surface area (Å²) in [5.74, 6) is 1.30. The number of hydrogen-bond acceptors (Lipinski definition) is 6. The highest BCUT2D eigenvalue weighted by Gasteiger charge is 2.19. The number of nitrogens with zero attached hydrogens (tertiary/aromatic N) is 2. The fraction of sp³-hybridized carbons (Fsp3) is 0.515. The van der Waals surface area contributed by atoms with E-state index in [1.807, 2.05) is 38.1 Å². The van der Waals surface area contributed by atoms with E-state index in [2.05, 4.69) is 53.7 Å². The van der Waals surface area contributed by atoms with Crippen LogP contribution in [0.15, 0.2) is 52.1 Å². The number of aliphatic hydroxyl groups is 2. The molecule has 224 valence electrons. The highest BCUT2D eigenvalue weighted by molar-refractivity contribution is 5.39.